The maximum Gasteiger partial charge on any atom is 0.157 e. The molecule has 0 bridgehead atoms. The lowest BCUT2D eigenvalue weighted by atomic mass is 9.91. The molecule has 4 rings (SSSR count). The Morgan fingerprint density at radius 3 is 2.52 bits per heavy atom. The SMILES string of the molecule is C[C@@H]1C[C@H](C)CN([C@@H]2C(=C=O)c3ccccc3N2c2cccnn2)C1. The maximum atomic E-state index is 11.9. The monoisotopic (exact) mass is 334 g/mol. The molecular weight excluding hydrogens is 312 g/mol. The first-order valence-electron chi connectivity index (χ1n) is 8.84. The molecule has 0 saturated carbocycles. The summed E-state index contributed by atoms with van der Waals surface area (Å²) < 4.78 is 0. The number of benzene rings is 1. The van der Waals surface area contributed by atoms with Gasteiger partial charge in [-0.25, -0.2) is 4.79 Å². The van der Waals surface area contributed by atoms with E-state index in [1.54, 1.807) is 6.20 Å². The molecule has 0 unspecified atom stereocenters. The van der Waals surface area contributed by atoms with Crippen molar-refractivity contribution in [3.05, 3.63) is 48.2 Å². The Morgan fingerprint density at radius 1 is 1.08 bits per heavy atom. The number of carbonyl (C=O) groups excluding carboxylic acids is 1. The van der Waals surface area contributed by atoms with Crippen molar-refractivity contribution < 1.29 is 4.79 Å². The summed E-state index contributed by atoms with van der Waals surface area (Å²) in [5, 5.41) is 8.36. The Hall–Kier alpha value is -2.49. The lowest BCUT2D eigenvalue weighted by Crippen LogP contribution is -2.50. The third kappa shape index (κ3) is 2.76. The average Bonchev–Trinajstić information content (AvgIpc) is 2.96. The molecule has 3 heterocycles. The van der Waals surface area contributed by atoms with Gasteiger partial charge in [-0.1, -0.05) is 32.0 Å². The van der Waals surface area contributed by atoms with Gasteiger partial charge in [-0.15, -0.1) is 5.10 Å². The molecule has 0 aliphatic carbocycles. The van der Waals surface area contributed by atoms with Crippen LogP contribution >= 0.6 is 0 Å². The summed E-state index contributed by atoms with van der Waals surface area (Å²) in [5.41, 5.74) is 2.64. The van der Waals surface area contributed by atoms with Crippen LogP contribution < -0.4 is 4.90 Å². The predicted molar refractivity (Wildman–Crippen MR) is 98.0 cm³/mol. The molecule has 0 radical (unpaired) electrons. The quantitative estimate of drug-likeness (QED) is 0.790. The van der Waals surface area contributed by atoms with Gasteiger partial charge < -0.3 is 4.90 Å². The highest BCUT2D eigenvalue weighted by molar-refractivity contribution is 6.01. The van der Waals surface area contributed by atoms with Crippen LogP contribution in [0.3, 0.4) is 0 Å². The lowest BCUT2D eigenvalue weighted by Gasteiger charge is -2.42. The summed E-state index contributed by atoms with van der Waals surface area (Å²) in [5.74, 6) is 4.19. The number of fused-ring (bicyclic) bond motifs is 1. The van der Waals surface area contributed by atoms with E-state index in [9.17, 15) is 4.79 Å². The van der Waals surface area contributed by atoms with Crippen molar-refractivity contribution in [3.8, 4) is 0 Å². The molecule has 128 valence electrons. The summed E-state index contributed by atoms with van der Waals surface area (Å²) in [6, 6.07) is 11.8. The van der Waals surface area contributed by atoms with Crippen molar-refractivity contribution in [2.75, 3.05) is 18.0 Å². The number of anilines is 2. The van der Waals surface area contributed by atoms with E-state index >= 15 is 0 Å². The first kappa shape index (κ1) is 16.0. The molecule has 0 N–H and O–H groups in total. The Morgan fingerprint density at radius 2 is 1.84 bits per heavy atom. The van der Waals surface area contributed by atoms with Gasteiger partial charge in [-0.2, -0.15) is 5.10 Å². The van der Waals surface area contributed by atoms with Crippen LogP contribution in [0, 0.1) is 11.8 Å². The van der Waals surface area contributed by atoms with Gasteiger partial charge in [0.05, 0.1) is 11.3 Å². The number of para-hydroxylation sites is 1. The van der Waals surface area contributed by atoms with E-state index < -0.39 is 0 Å². The molecule has 2 aliphatic rings. The van der Waals surface area contributed by atoms with E-state index in [-0.39, 0.29) is 6.17 Å². The van der Waals surface area contributed by atoms with E-state index in [2.05, 4.69) is 39.8 Å². The molecular formula is C20H22N4O. The molecule has 5 heteroatoms. The normalized spacial score (nSPS) is 26.4. The van der Waals surface area contributed by atoms with E-state index in [4.69, 9.17) is 0 Å². The fourth-order valence-electron chi connectivity index (χ4n) is 4.35. The smallest absolute Gasteiger partial charge is 0.157 e. The molecule has 25 heavy (non-hydrogen) atoms. The second-order valence-corrected chi connectivity index (χ2v) is 7.26. The van der Waals surface area contributed by atoms with Gasteiger partial charge in [0.1, 0.15) is 12.1 Å². The van der Waals surface area contributed by atoms with Crippen LogP contribution in [-0.2, 0) is 4.79 Å². The first-order chi connectivity index (χ1) is 12.2. The molecule has 1 aromatic carbocycles. The summed E-state index contributed by atoms with van der Waals surface area (Å²) in [6.45, 7) is 6.49. The zero-order chi connectivity index (χ0) is 17.4. The number of likely N-dealkylation sites (tertiary alicyclic amines) is 1. The summed E-state index contributed by atoms with van der Waals surface area (Å²) in [6.07, 6.45) is 2.72. The molecule has 5 nitrogen and oxygen atoms in total. The highest BCUT2D eigenvalue weighted by atomic mass is 16.1. The van der Waals surface area contributed by atoms with Crippen LogP contribution in [0.25, 0.3) is 5.57 Å². The molecule has 1 saturated heterocycles. The van der Waals surface area contributed by atoms with Crippen LogP contribution in [0.15, 0.2) is 42.6 Å². The third-order valence-electron chi connectivity index (χ3n) is 5.11. The van der Waals surface area contributed by atoms with E-state index in [0.29, 0.717) is 17.4 Å². The number of rotatable bonds is 2. The van der Waals surface area contributed by atoms with E-state index in [1.807, 2.05) is 36.4 Å². The predicted octanol–water partition coefficient (Wildman–Crippen LogP) is 3.15. The molecule has 2 aromatic rings. The van der Waals surface area contributed by atoms with Crippen molar-refractivity contribution in [2.45, 2.75) is 26.4 Å². The van der Waals surface area contributed by atoms with Crippen molar-refractivity contribution in [1.29, 1.82) is 0 Å². The fraction of sp³-hybridized carbons (Fsp3) is 0.400. The van der Waals surface area contributed by atoms with Crippen molar-refractivity contribution in [2.24, 2.45) is 11.8 Å². The van der Waals surface area contributed by atoms with Gasteiger partial charge >= 0.3 is 0 Å². The number of hydrogen-bond acceptors (Lipinski definition) is 5. The zero-order valence-electron chi connectivity index (χ0n) is 14.6. The summed E-state index contributed by atoms with van der Waals surface area (Å²) >= 11 is 0. The Bertz CT molecular complexity index is 805. The Kier molecular flexibility index (Phi) is 4.12. The minimum absolute atomic E-state index is 0.170. The Balaban J connectivity index is 1.84. The Labute approximate surface area is 148 Å². The summed E-state index contributed by atoms with van der Waals surface area (Å²) in [4.78, 5) is 16.4. The molecule has 0 amide bonds. The van der Waals surface area contributed by atoms with Crippen LogP contribution in [0.2, 0.25) is 0 Å². The number of aromatic nitrogens is 2. The largest absolute Gasteiger partial charge is 0.303 e. The minimum atomic E-state index is -0.170. The van der Waals surface area contributed by atoms with Crippen LogP contribution in [0.5, 0.6) is 0 Å². The summed E-state index contributed by atoms with van der Waals surface area (Å²) in [7, 11) is 0. The van der Waals surface area contributed by atoms with Crippen molar-refractivity contribution in [3.63, 3.8) is 0 Å². The number of nitrogens with zero attached hydrogens (tertiary/aromatic N) is 4. The lowest BCUT2D eigenvalue weighted by molar-refractivity contribution is 0.122. The van der Waals surface area contributed by atoms with Gasteiger partial charge in [0.2, 0.25) is 0 Å². The highest BCUT2D eigenvalue weighted by Crippen LogP contribution is 2.45. The van der Waals surface area contributed by atoms with Crippen LogP contribution in [0.4, 0.5) is 11.5 Å². The first-order valence-corrected chi connectivity index (χ1v) is 8.84. The number of hydrogen-bond donors (Lipinski definition) is 0. The van der Waals surface area contributed by atoms with Gasteiger partial charge in [-0.3, -0.25) is 4.90 Å². The molecule has 1 aromatic heterocycles. The fourth-order valence-corrected chi connectivity index (χ4v) is 4.35. The van der Waals surface area contributed by atoms with Crippen LogP contribution in [0.1, 0.15) is 25.8 Å². The van der Waals surface area contributed by atoms with Gasteiger partial charge in [0.25, 0.3) is 0 Å². The van der Waals surface area contributed by atoms with Gasteiger partial charge in [0.15, 0.2) is 5.82 Å². The highest BCUT2D eigenvalue weighted by Gasteiger charge is 2.42. The van der Waals surface area contributed by atoms with E-state index in [0.717, 1.165) is 30.2 Å². The van der Waals surface area contributed by atoms with Crippen molar-refractivity contribution in [1.82, 2.24) is 15.1 Å². The molecule has 3 atom stereocenters. The molecule has 2 aliphatic heterocycles. The molecule has 0 spiro atoms. The van der Waals surface area contributed by atoms with Crippen molar-refractivity contribution >= 4 is 23.0 Å². The third-order valence-corrected chi connectivity index (χ3v) is 5.11. The second kappa shape index (κ2) is 6.43. The number of piperidine rings is 1. The standard InChI is InChI=1S/C20H22N4O/c1-14-10-15(2)12-23(11-14)20-17(13-25)16-6-3-4-7-18(16)24(20)19-8-5-9-21-22-19/h3-9,14-15,20H,10-12H2,1-2H3/t14-,15+,20-/m0/s1. The van der Waals surface area contributed by atoms with E-state index in [1.165, 1.54) is 6.42 Å². The second-order valence-electron chi connectivity index (χ2n) is 7.26. The van der Waals surface area contributed by atoms with Gasteiger partial charge in [-0.05, 0) is 36.5 Å². The minimum Gasteiger partial charge on any atom is -0.303 e. The topological polar surface area (TPSA) is 49.3 Å². The maximum absolute atomic E-state index is 11.9. The van der Waals surface area contributed by atoms with Crippen LogP contribution in [-0.4, -0.2) is 40.3 Å². The van der Waals surface area contributed by atoms with Gasteiger partial charge in [0, 0.05) is 24.8 Å². The zero-order valence-corrected chi connectivity index (χ0v) is 14.6. The molecule has 1 fully saturated rings. The average molecular weight is 334 g/mol.